The monoisotopic (exact) mass is 477 g/mol. The van der Waals surface area contributed by atoms with E-state index >= 15 is 0 Å². The number of hydrogen-bond acceptors (Lipinski definition) is 6. The normalized spacial score (nSPS) is 18.9. The number of nitrogens with one attached hydrogen (secondary N) is 1. The smallest absolute Gasteiger partial charge is 0.413 e. The molecule has 5 rings (SSSR count). The van der Waals surface area contributed by atoms with Gasteiger partial charge in [-0.05, 0) is 35.6 Å². The molecule has 2 amide bonds. The number of carbonyl (C=O) groups excluding carboxylic acids is 2. The SMILES string of the molecule is CC1(C(=O)O)CCN(C(=O)c2csc(NC(=O)OCC3c4ccccc4-c4ccccc43)n2)C1. The number of amides is 2. The summed E-state index contributed by atoms with van der Waals surface area (Å²) in [6.45, 7) is 2.30. The molecule has 1 fully saturated rings. The van der Waals surface area contributed by atoms with E-state index < -0.39 is 17.5 Å². The van der Waals surface area contributed by atoms with Crippen LogP contribution >= 0.6 is 11.3 Å². The Morgan fingerprint density at radius 3 is 2.41 bits per heavy atom. The summed E-state index contributed by atoms with van der Waals surface area (Å²) < 4.78 is 5.52. The first-order valence-corrected chi connectivity index (χ1v) is 11.8. The minimum absolute atomic E-state index is 0.0507. The first-order chi connectivity index (χ1) is 16.4. The van der Waals surface area contributed by atoms with Gasteiger partial charge in [0.15, 0.2) is 5.13 Å². The van der Waals surface area contributed by atoms with Crippen molar-refractivity contribution in [1.82, 2.24) is 9.88 Å². The van der Waals surface area contributed by atoms with Crippen LogP contribution in [0.1, 0.15) is 40.9 Å². The number of likely N-dealkylation sites (tertiary alicyclic amines) is 1. The first-order valence-electron chi connectivity index (χ1n) is 11.0. The van der Waals surface area contributed by atoms with Crippen molar-refractivity contribution in [3.05, 3.63) is 70.7 Å². The third-order valence-corrected chi connectivity index (χ3v) is 7.31. The number of nitrogens with zero attached hydrogens (tertiary/aromatic N) is 2. The van der Waals surface area contributed by atoms with Crippen LogP contribution in [-0.2, 0) is 9.53 Å². The number of rotatable bonds is 5. The largest absolute Gasteiger partial charge is 0.481 e. The predicted octanol–water partition coefficient (Wildman–Crippen LogP) is 4.44. The van der Waals surface area contributed by atoms with Gasteiger partial charge < -0.3 is 14.7 Å². The second-order valence-corrected chi connectivity index (χ2v) is 9.69. The zero-order valence-corrected chi connectivity index (χ0v) is 19.3. The number of carboxylic acid groups (broad SMARTS) is 1. The van der Waals surface area contributed by atoms with Gasteiger partial charge in [-0.15, -0.1) is 11.3 Å². The molecule has 1 unspecified atom stereocenters. The molecular formula is C25H23N3O5S. The number of aliphatic carboxylic acids is 1. The molecule has 174 valence electrons. The molecule has 2 aromatic carbocycles. The zero-order chi connectivity index (χ0) is 23.9. The van der Waals surface area contributed by atoms with Crippen molar-refractivity contribution in [3.8, 4) is 11.1 Å². The van der Waals surface area contributed by atoms with Crippen LogP contribution in [0.25, 0.3) is 11.1 Å². The van der Waals surface area contributed by atoms with Crippen molar-refractivity contribution in [1.29, 1.82) is 0 Å². The van der Waals surface area contributed by atoms with Crippen molar-refractivity contribution in [2.24, 2.45) is 5.41 Å². The Hall–Kier alpha value is -3.72. The summed E-state index contributed by atoms with van der Waals surface area (Å²) >= 11 is 1.12. The molecule has 1 aliphatic carbocycles. The average molecular weight is 478 g/mol. The fraction of sp³-hybridized carbons (Fsp3) is 0.280. The van der Waals surface area contributed by atoms with Crippen molar-refractivity contribution in [2.75, 3.05) is 25.0 Å². The lowest BCUT2D eigenvalue weighted by Gasteiger charge is -2.19. The number of ether oxygens (including phenoxy) is 1. The molecule has 1 atom stereocenters. The van der Waals surface area contributed by atoms with Crippen LogP contribution in [0.5, 0.6) is 0 Å². The van der Waals surface area contributed by atoms with E-state index in [9.17, 15) is 19.5 Å². The zero-order valence-electron chi connectivity index (χ0n) is 18.5. The van der Waals surface area contributed by atoms with Gasteiger partial charge in [-0.3, -0.25) is 14.9 Å². The molecule has 0 saturated carbocycles. The minimum Gasteiger partial charge on any atom is -0.481 e. The van der Waals surface area contributed by atoms with E-state index in [-0.39, 0.29) is 35.8 Å². The number of carboxylic acids is 1. The van der Waals surface area contributed by atoms with Crippen LogP contribution in [0.15, 0.2) is 53.9 Å². The van der Waals surface area contributed by atoms with Crippen molar-refractivity contribution >= 4 is 34.4 Å². The average Bonchev–Trinajstić information content (AvgIpc) is 3.54. The number of hydrogen-bond donors (Lipinski definition) is 2. The van der Waals surface area contributed by atoms with E-state index in [4.69, 9.17) is 4.74 Å². The van der Waals surface area contributed by atoms with Crippen molar-refractivity contribution in [3.63, 3.8) is 0 Å². The van der Waals surface area contributed by atoms with E-state index in [1.54, 1.807) is 12.3 Å². The summed E-state index contributed by atoms with van der Waals surface area (Å²) in [7, 11) is 0. The van der Waals surface area contributed by atoms with Gasteiger partial charge in [-0.2, -0.15) is 0 Å². The highest BCUT2D eigenvalue weighted by atomic mass is 32.1. The topological polar surface area (TPSA) is 109 Å². The maximum atomic E-state index is 12.7. The highest BCUT2D eigenvalue weighted by Gasteiger charge is 2.42. The van der Waals surface area contributed by atoms with Gasteiger partial charge in [0.25, 0.3) is 5.91 Å². The number of thiazole rings is 1. The van der Waals surface area contributed by atoms with Crippen LogP contribution in [0.4, 0.5) is 9.93 Å². The van der Waals surface area contributed by atoms with Gasteiger partial charge in [0.1, 0.15) is 12.3 Å². The lowest BCUT2D eigenvalue weighted by molar-refractivity contribution is -0.147. The van der Waals surface area contributed by atoms with Gasteiger partial charge in [0.05, 0.1) is 5.41 Å². The molecule has 8 nitrogen and oxygen atoms in total. The Bertz CT molecular complexity index is 1240. The Morgan fingerprint density at radius 1 is 1.15 bits per heavy atom. The fourth-order valence-electron chi connectivity index (χ4n) is 4.62. The Kier molecular flexibility index (Phi) is 5.57. The van der Waals surface area contributed by atoms with Gasteiger partial charge in [0.2, 0.25) is 0 Å². The highest BCUT2D eigenvalue weighted by molar-refractivity contribution is 7.14. The molecule has 1 aromatic heterocycles. The molecular weight excluding hydrogens is 454 g/mol. The molecule has 1 aliphatic heterocycles. The maximum Gasteiger partial charge on any atom is 0.413 e. The van der Waals surface area contributed by atoms with E-state index in [0.717, 1.165) is 33.6 Å². The summed E-state index contributed by atoms with van der Waals surface area (Å²) in [5.74, 6) is -1.31. The molecule has 34 heavy (non-hydrogen) atoms. The highest BCUT2D eigenvalue weighted by Crippen LogP contribution is 2.44. The summed E-state index contributed by atoms with van der Waals surface area (Å²) in [5.41, 5.74) is 3.77. The molecule has 2 heterocycles. The second kappa shape index (κ2) is 8.57. The summed E-state index contributed by atoms with van der Waals surface area (Å²) in [4.78, 5) is 42.3. The molecule has 1 saturated heterocycles. The lowest BCUT2D eigenvalue weighted by Crippen LogP contribution is -2.35. The van der Waals surface area contributed by atoms with Crippen LogP contribution in [0, 0.1) is 5.41 Å². The quantitative estimate of drug-likeness (QED) is 0.562. The van der Waals surface area contributed by atoms with Gasteiger partial charge in [0, 0.05) is 24.4 Å². The summed E-state index contributed by atoms with van der Waals surface area (Å²) in [6, 6.07) is 16.2. The number of benzene rings is 2. The van der Waals surface area contributed by atoms with Crippen molar-refractivity contribution < 1.29 is 24.2 Å². The molecule has 0 bridgehead atoms. The number of anilines is 1. The molecule has 9 heteroatoms. The summed E-state index contributed by atoms with van der Waals surface area (Å²) in [5, 5.41) is 13.8. The number of fused-ring (bicyclic) bond motifs is 3. The third-order valence-electron chi connectivity index (χ3n) is 6.55. The van der Waals surface area contributed by atoms with E-state index in [0.29, 0.717) is 13.0 Å². The molecule has 2 aliphatic rings. The van der Waals surface area contributed by atoms with E-state index in [1.165, 1.54) is 4.90 Å². The van der Waals surface area contributed by atoms with Gasteiger partial charge in [-0.25, -0.2) is 9.78 Å². The molecule has 0 spiro atoms. The van der Waals surface area contributed by atoms with E-state index in [1.807, 2.05) is 36.4 Å². The minimum atomic E-state index is -0.950. The first kappa shape index (κ1) is 22.1. The molecule has 0 radical (unpaired) electrons. The molecule has 3 aromatic rings. The summed E-state index contributed by atoms with van der Waals surface area (Å²) in [6.07, 6.45) is -0.252. The number of aromatic nitrogens is 1. The lowest BCUT2D eigenvalue weighted by atomic mass is 9.90. The van der Waals surface area contributed by atoms with Crippen LogP contribution in [0.3, 0.4) is 0 Å². The Labute approximate surface area is 200 Å². The van der Waals surface area contributed by atoms with Crippen LogP contribution < -0.4 is 5.32 Å². The van der Waals surface area contributed by atoms with Crippen LogP contribution in [-0.4, -0.2) is 52.7 Å². The standard InChI is InChI=1S/C25H23N3O5S/c1-25(22(30)31)10-11-28(14-25)21(29)20-13-34-23(26-20)27-24(32)33-12-19-17-8-4-2-6-15(17)16-7-3-5-9-18(16)19/h2-9,13,19H,10-12,14H2,1H3,(H,30,31)(H,26,27,32). The Morgan fingerprint density at radius 2 is 1.79 bits per heavy atom. The van der Waals surface area contributed by atoms with Gasteiger partial charge in [-0.1, -0.05) is 48.5 Å². The third kappa shape index (κ3) is 3.92. The van der Waals surface area contributed by atoms with Crippen LogP contribution in [0.2, 0.25) is 0 Å². The second-order valence-electron chi connectivity index (χ2n) is 8.83. The van der Waals surface area contributed by atoms with E-state index in [2.05, 4.69) is 22.4 Å². The Balaban J connectivity index is 1.21. The number of carbonyl (C=O) groups is 3. The van der Waals surface area contributed by atoms with Crippen molar-refractivity contribution in [2.45, 2.75) is 19.3 Å². The molecule has 2 N–H and O–H groups in total. The fourth-order valence-corrected chi connectivity index (χ4v) is 5.29. The predicted molar refractivity (Wildman–Crippen MR) is 127 cm³/mol. The van der Waals surface area contributed by atoms with Gasteiger partial charge >= 0.3 is 12.1 Å². The maximum absolute atomic E-state index is 12.7.